The third-order valence-corrected chi connectivity index (χ3v) is 3.62. The highest BCUT2D eigenvalue weighted by atomic mass is 127. The van der Waals surface area contributed by atoms with E-state index in [4.69, 9.17) is 11.6 Å². The van der Waals surface area contributed by atoms with Crippen molar-refractivity contribution in [2.24, 2.45) is 0 Å². The number of hydrogen-bond acceptors (Lipinski definition) is 3. The lowest BCUT2D eigenvalue weighted by Gasteiger charge is -2.14. The number of halogens is 2. The second-order valence-corrected chi connectivity index (χ2v) is 5.87. The lowest BCUT2D eigenvalue weighted by molar-refractivity contribution is -0.428. The average Bonchev–Trinajstić information content (AvgIpc) is 2.34. The van der Waals surface area contributed by atoms with Gasteiger partial charge in [-0.05, 0) is 30.3 Å². The summed E-state index contributed by atoms with van der Waals surface area (Å²) in [6.07, 6.45) is 4.14. The van der Waals surface area contributed by atoms with E-state index in [0.717, 1.165) is 5.69 Å². The van der Waals surface area contributed by atoms with Crippen molar-refractivity contribution < 1.29 is 4.92 Å². The number of nitrogens with one attached hydrogen (secondary N) is 1. The molecule has 0 bridgehead atoms. The van der Waals surface area contributed by atoms with Gasteiger partial charge in [0.1, 0.15) is 5.70 Å². The minimum atomic E-state index is -0.326. The van der Waals surface area contributed by atoms with Crippen LogP contribution in [0.3, 0.4) is 0 Å². The molecule has 4 nitrogen and oxygen atoms in total. The van der Waals surface area contributed by atoms with Crippen molar-refractivity contribution >= 4 is 39.9 Å². The molecule has 6 heteroatoms. The molecule has 1 aliphatic rings. The van der Waals surface area contributed by atoms with Gasteiger partial charge in [-0.2, -0.15) is 0 Å². The van der Waals surface area contributed by atoms with Gasteiger partial charge in [-0.3, -0.25) is 10.1 Å². The first-order chi connectivity index (χ1) is 8.56. The molecule has 1 atom stereocenters. The molecule has 0 aliphatic heterocycles. The average molecular weight is 377 g/mol. The van der Waals surface area contributed by atoms with Gasteiger partial charge >= 0.3 is 0 Å². The summed E-state index contributed by atoms with van der Waals surface area (Å²) >= 11 is 7.97. The molecule has 0 heterocycles. The Labute approximate surface area is 123 Å². The van der Waals surface area contributed by atoms with Crippen LogP contribution in [0.2, 0.25) is 5.02 Å². The second kappa shape index (κ2) is 5.71. The lowest BCUT2D eigenvalue weighted by Crippen LogP contribution is -2.15. The summed E-state index contributed by atoms with van der Waals surface area (Å²) in [5, 5.41) is 14.7. The topological polar surface area (TPSA) is 55.2 Å². The number of allylic oxidation sites excluding steroid dienone is 3. The van der Waals surface area contributed by atoms with Crippen LogP contribution in [0.1, 0.15) is 6.42 Å². The third kappa shape index (κ3) is 3.23. The summed E-state index contributed by atoms with van der Waals surface area (Å²) in [4.78, 5) is 10.7. The maximum atomic E-state index is 11.0. The third-order valence-electron chi connectivity index (χ3n) is 2.51. The van der Waals surface area contributed by atoms with Crippen molar-refractivity contribution in [2.75, 3.05) is 5.32 Å². The van der Waals surface area contributed by atoms with Gasteiger partial charge in [-0.15, -0.1) is 0 Å². The molecule has 1 aromatic rings. The molecular formula is C12H10ClIN2O2. The summed E-state index contributed by atoms with van der Waals surface area (Å²) in [5.74, 6) is 0. The smallest absolute Gasteiger partial charge is 0.270 e. The summed E-state index contributed by atoms with van der Waals surface area (Å²) in [7, 11) is 0. The monoisotopic (exact) mass is 376 g/mol. The second-order valence-electron chi connectivity index (χ2n) is 3.83. The Morgan fingerprint density at radius 1 is 1.39 bits per heavy atom. The predicted molar refractivity (Wildman–Crippen MR) is 80.7 cm³/mol. The molecule has 0 fully saturated rings. The quantitative estimate of drug-likeness (QED) is 0.375. The van der Waals surface area contributed by atoms with E-state index in [9.17, 15) is 10.1 Å². The van der Waals surface area contributed by atoms with Gasteiger partial charge in [0, 0.05) is 14.6 Å². The van der Waals surface area contributed by atoms with Crippen LogP contribution >= 0.6 is 34.2 Å². The van der Waals surface area contributed by atoms with E-state index in [-0.39, 0.29) is 14.5 Å². The highest BCUT2D eigenvalue weighted by molar-refractivity contribution is 14.1. The first kappa shape index (κ1) is 13.4. The Morgan fingerprint density at radius 2 is 2.06 bits per heavy atom. The molecular weight excluding hydrogens is 367 g/mol. The number of anilines is 1. The number of hydrogen-bond donors (Lipinski definition) is 1. The molecule has 1 aliphatic carbocycles. The van der Waals surface area contributed by atoms with Gasteiger partial charge in [-0.1, -0.05) is 40.3 Å². The Kier molecular flexibility index (Phi) is 4.23. The van der Waals surface area contributed by atoms with Crippen molar-refractivity contribution in [2.45, 2.75) is 10.3 Å². The zero-order valence-electron chi connectivity index (χ0n) is 9.27. The van der Waals surface area contributed by atoms with Crippen LogP contribution in [0.4, 0.5) is 5.69 Å². The van der Waals surface area contributed by atoms with E-state index in [2.05, 4.69) is 27.9 Å². The number of alkyl halides is 1. The molecule has 2 rings (SSSR count). The first-order valence-electron chi connectivity index (χ1n) is 5.28. The number of nitrogens with zero attached hydrogens (tertiary/aromatic N) is 1. The van der Waals surface area contributed by atoms with Crippen molar-refractivity contribution in [1.29, 1.82) is 0 Å². The molecule has 1 aromatic carbocycles. The molecule has 0 amide bonds. The maximum absolute atomic E-state index is 11.0. The summed E-state index contributed by atoms with van der Waals surface area (Å²) < 4.78 is 0.166. The molecule has 0 radical (unpaired) electrons. The Balaban J connectivity index is 2.25. The van der Waals surface area contributed by atoms with Crippen molar-refractivity contribution in [3.05, 3.63) is 62.9 Å². The normalized spacial score (nSPS) is 18.9. The standard InChI is InChI=1S/C12H10ClIN2O2/c13-8-1-4-10(5-2-8)15-11-6-3-9(14)7-12(11)16(17)18/h1-6,9,15H,7H2. The first-order valence-corrected chi connectivity index (χ1v) is 6.91. The predicted octanol–water partition coefficient (Wildman–Crippen LogP) is 4.00. The van der Waals surface area contributed by atoms with E-state index >= 15 is 0 Å². The van der Waals surface area contributed by atoms with E-state index < -0.39 is 0 Å². The van der Waals surface area contributed by atoms with Crippen molar-refractivity contribution in [1.82, 2.24) is 0 Å². The van der Waals surface area contributed by atoms with Gasteiger partial charge in [0.2, 0.25) is 0 Å². The summed E-state index contributed by atoms with van der Waals surface area (Å²) in [5.41, 5.74) is 1.53. The molecule has 0 saturated carbocycles. The van der Waals surface area contributed by atoms with Crippen LogP contribution in [0, 0.1) is 10.1 Å². The van der Waals surface area contributed by atoms with Crippen molar-refractivity contribution in [3.63, 3.8) is 0 Å². The van der Waals surface area contributed by atoms with Gasteiger partial charge in [-0.25, -0.2) is 0 Å². The van der Waals surface area contributed by atoms with Gasteiger partial charge in [0.25, 0.3) is 5.70 Å². The zero-order valence-corrected chi connectivity index (χ0v) is 12.2. The zero-order chi connectivity index (χ0) is 13.1. The molecule has 0 spiro atoms. The van der Waals surface area contributed by atoms with Crippen LogP contribution in [0.25, 0.3) is 0 Å². The van der Waals surface area contributed by atoms with Crippen molar-refractivity contribution in [3.8, 4) is 0 Å². The molecule has 1 unspecified atom stereocenters. The van der Waals surface area contributed by atoms with Crippen LogP contribution in [0.15, 0.2) is 47.8 Å². The van der Waals surface area contributed by atoms with Gasteiger partial charge in [0.15, 0.2) is 0 Å². The molecule has 18 heavy (non-hydrogen) atoms. The van der Waals surface area contributed by atoms with Crippen LogP contribution in [0.5, 0.6) is 0 Å². The fourth-order valence-corrected chi connectivity index (χ4v) is 2.39. The molecule has 0 aromatic heterocycles. The van der Waals surface area contributed by atoms with Crippen LogP contribution < -0.4 is 5.32 Å². The lowest BCUT2D eigenvalue weighted by atomic mass is 10.1. The highest BCUT2D eigenvalue weighted by Gasteiger charge is 2.23. The van der Waals surface area contributed by atoms with Gasteiger partial charge < -0.3 is 5.32 Å². The minimum absolute atomic E-state index is 0.166. The number of rotatable bonds is 3. The van der Waals surface area contributed by atoms with Gasteiger partial charge in [0.05, 0.1) is 11.3 Å². The van der Waals surface area contributed by atoms with Crippen LogP contribution in [-0.2, 0) is 0 Å². The maximum Gasteiger partial charge on any atom is 0.270 e. The van der Waals surface area contributed by atoms with E-state index in [1.165, 1.54) is 0 Å². The molecule has 0 saturated heterocycles. The Morgan fingerprint density at radius 3 is 2.67 bits per heavy atom. The fraction of sp³-hybridized carbons (Fsp3) is 0.167. The minimum Gasteiger partial charge on any atom is -0.350 e. The van der Waals surface area contributed by atoms with Crippen LogP contribution in [-0.4, -0.2) is 8.85 Å². The molecule has 1 N–H and O–H groups in total. The van der Waals surface area contributed by atoms with E-state index in [1.54, 1.807) is 30.3 Å². The Hall–Kier alpha value is -1.08. The SMILES string of the molecule is O=[N+]([O-])C1=C(Nc2ccc(Cl)cc2)C=CC(I)C1. The Bertz CT molecular complexity index is 525. The van der Waals surface area contributed by atoms with E-state index in [1.807, 2.05) is 6.08 Å². The largest absolute Gasteiger partial charge is 0.350 e. The molecule has 94 valence electrons. The summed E-state index contributed by atoms with van der Waals surface area (Å²) in [6.45, 7) is 0. The van der Waals surface area contributed by atoms with E-state index in [0.29, 0.717) is 17.1 Å². The summed E-state index contributed by atoms with van der Waals surface area (Å²) in [6, 6.07) is 7.06. The fourth-order valence-electron chi connectivity index (χ4n) is 1.63. The highest BCUT2D eigenvalue weighted by Crippen LogP contribution is 2.26. The number of nitro groups is 1. The number of benzene rings is 1.